The van der Waals surface area contributed by atoms with Gasteiger partial charge in [-0.25, -0.2) is 4.98 Å². The van der Waals surface area contributed by atoms with Crippen LogP contribution in [0.4, 0.5) is 11.5 Å². The number of nitrogens with one attached hydrogen (secondary N) is 1. The molecule has 4 nitrogen and oxygen atoms in total. The van der Waals surface area contributed by atoms with Gasteiger partial charge in [0.2, 0.25) is 5.28 Å². The SMILES string of the molecule is OCC1(c2ccccc2Nc2nc(Cl)ncc2Cl)CC1. The maximum Gasteiger partial charge on any atom is 0.224 e. The van der Waals surface area contributed by atoms with Crippen molar-refractivity contribution in [3.8, 4) is 0 Å². The summed E-state index contributed by atoms with van der Waals surface area (Å²) in [4.78, 5) is 7.91. The number of anilines is 2. The van der Waals surface area contributed by atoms with E-state index in [0.29, 0.717) is 10.8 Å². The van der Waals surface area contributed by atoms with Gasteiger partial charge in [-0.1, -0.05) is 29.8 Å². The molecule has 2 N–H and O–H groups in total. The molecule has 3 rings (SSSR count). The standard InChI is InChI=1S/C14H13Cl2N3O/c15-10-7-17-13(16)19-12(10)18-11-4-2-1-3-9(11)14(8-20)5-6-14/h1-4,7,20H,5-6,8H2,(H,17,18,19). The van der Waals surface area contributed by atoms with E-state index in [0.717, 1.165) is 24.1 Å². The summed E-state index contributed by atoms with van der Waals surface area (Å²) in [6.07, 6.45) is 3.43. The quantitative estimate of drug-likeness (QED) is 0.848. The highest BCUT2D eigenvalue weighted by atomic mass is 35.5. The van der Waals surface area contributed by atoms with Gasteiger partial charge in [0.15, 0.2) is 5.82 Å². The molecule has 1 aliphatic carbocycles. The molecule has 2 aromatic rings. The van der Waals surface area contributed by atoms with Gasteiger partial charge in [0.25, 0.3) is 0 Å². The topological polar surface area (TPSA) is 58.0 Å². The Morgan fingerprint density at radius 1 is 1.25 bits per heavy atom. The lowest BCUT2D eigenvalue weighted by Crippen LogP contribution is -2.14. The van der Waals surface area contributed by atoms with Crippen LogP contribution >= 0.6 is 23.2 Å². The molecule has 1 saturated carbocycles. The Hall–Kier alpha value is -1.36. The number of aromatic nitrogens is 2. The van der Waals surface area contributed by atoms with Crippen LogP contribution in [-0.2, 0) is 5.41 Å². The largest absolute Gasteiger partial charge is 0.395 e. The number of hydrogen-bond acceptors (Lipinski definition) is 4. The zero-order valence-corrected chi connectivity index (χ0v) is 12.1. The smallest absolute Gasteiger partial charge is 0.224 e. The van der Waals surface area contributed by atoms with Crippen molar-refractivity contribution in [2.45, 2.75) is 18.3 Å². The number of halogens is 2. The molecule has 1 aromatic heterocycles. The minimum atomic E-state index is -0.132. The zero-order valence-electron chi connectivity index (χ0n) is 10.6. The molecule has 0 aliphatic heterocycles. The van der Waals surface area contributed by atoms with Crippen LogP contribution in [0.15, 0.2) is 30.5 Å². The number of rotatable bonds is 4. The summed E-state index contributed by atoms with van der Waals surface area (Å²) in [5.41, 5.74) is 1.83. The van der Waals surface area contributed by atoms with Crippen molar-refractivity contribution in [3.05, 3.63) is 46.3 Å². The van der Waals surface area contributed by atoms with Gasteiger partial charge >= 0.3 is 0 Å². The number of nitrogens with zero attached hydrogens (tertiary/aromatic N) is 2. The van der Waals surface area contributed by atoms with Crippen LogP contribution in [0.3, 0.4) is 0 Å². The third-order valence-electron chi connectivity index (χ3n) is 3.62. The van der Waals surface area contributed by atoms with Gasteiger partial charge in [0.1, 0.15) is 5.02 Å². The third-order valence-corrected chi connectivity index (χ3v) is 4.08. The first kappa shape index (κ1) is 13.6. The minimum Gasteiger partial charge on any atom is -0.395 e. The van der Waals surface area contributed by atoms with Crippen molar-refractivity contribution in [1.82, 2.24) is 9.97 Å². The predicted octanol–water partition coefficient (Wildman–Crippen LogP) is 3.55. The highest BCUT2D eigenvalue weighted by Crippen LogP contribution is 2.50. The molecule has 0 unspecified atom stereocenters. The molecule has 0 amide bonds. The Morgan fingerprint density at radius 2 is 2.00 bits per heavy atom. The highest BCUT2D eigenvalue weighted by molar-refractivity contribution is 6.33. The molecule has 1 aromatic carbocycles. The zero-order chi connectivity index (χ0) is 14.2. The molecular formula is C14H13Cl2N3O. The lowest BCUT2D eigenvalue weighted by atomic mass is 9.95. The molecule has 20 heavy (non-hydrogen) atoms. The van der Waals surface area contributed by atoms with E-state index < -0.39 is 0 Å². The van der Waals surface area contributed by atoms with E-state index in [2.05, 4.69) is 15.3 Å². The summed E-state index contributed by atoms with van der Waals surface area (Å²) in [6, 6.07) is 7.85. The monoisotopic (exact) mass is 309 g/mol. The van der Waals surface area contributed by atoms with Crippen LogP contribution in [-0.4, -0.2) is 21.7 Å². The van der Waals surface area contributed by atoms with Crippen molar-refractivity contribution < 1.29 is 5.11 Å². The molecule has 0 spiro atoms. The van der Waals surface area contributed by atoms with E-state index >= 15 is 0 Å². The first-order chi connectivity index (χ1) is 9.64. The lowest BCUT2D eigenvalue weighted by Gasteiger charge is -2.18. The number of para-hydroxylation sites is 1. The van der Waals surface area contributed by atoms with E-state index in [1.165, 1.54) is 6.20 Å². The third kappa shape index (κ3) is 2.46. The second kappa shape index (κ2) is 5.20. The first-order valence-electron chi connectivity index (χ1n) is 6.30. The molecule has 0 atom stereocenters. The Morgan fingerprint density at radius 3 is 2.70 bits per heavy atom. The summed E-state index contributed by atoms with van der Waals surface area (Å²) >= 11 is 11.9. The molecule has 1 aliphatic rings. The summed E-state index contributed by atoms with van der Waals surface area (Å²) < 4.78 is 0. The average Bonchev–Trinajstić information content (AvgIpc) is 3.24. The molecular weight excluding hydrogens is 297 g/mol. The van der Waals surface area contributed by atoms with E-state index in [1.54, 1.807) is 0 Å². The highest BCUT2D eigenvalue weighted by Gasteiger charge is 2.45. The summed E-state index contributed by atoms with van der Waals surface area (Å²) in [7, 11) is 0. The van der Waals surface area contributed by atoms with Crippen LogP contribution in [0.1, 0.15) is 18.4 Å². The maximum atomic E-state index is 9.60. The fourth-order valence-corrected chi connectivity index (χ4v) is 2.55. The molecule has 0 bridgehead atoms. The van der Waals surface area contributed by atoms with Crippen molar-refractivity contribution in [2.75, 3.05) is 11.9 Å². The molecule has 1 heterocycles. The van der Waals surface area contributed by atoms with Gasteiger partial charge in [-0.2, -0.15) is 4.98 Å². The van der Waals surface area contributed by atoms with Crippen molar-refractivity contribution in [2.24, 2.45) is 0 Å². The van der Waals surface area contributed by atoms with Crippen LogP contribution in [0.5, 0.6) is 0 Å². The Kier molecular flexibility index (Phi) is 3.54. The van der Waals surface area contributed by atoms with Gasteiger partial charge < -0.3 is 10.4 Å². The van der Waals surface area contributed by atoms with Crippen LogP contribution in [0.25, 0.3) is 0 Å². The van der Waals surface area contributed by atoms with E-state index in [4.69, 9.17) is 23.2 Å². The summed E-state index contributed by atoms with van der Waals surface area (Å²) in [5.74, 6) is 0.466. The molecule has 104 valence electrons. The number of aliphatic hydroxyl groups excluding tert-OH is 1. The molecule has 0 saturated heterocycles. The van der Waals surface area contributed by atoms with Gasteiger partial charge in [-0.15, -0.1) is 0 Å². The maximum absolute atomic E-state index is 9.60. The number of hydrogen-bond donors (Lipinski definition) is 2. The van der Waals surface area contributed by atoms with Crippen molar-refractivity contribution in [3.63, 3.8) is 0 Å². The summed E-state index contributed by atoms with van der Waals surface area (Å²) in [5, 5.41) is 13.3. The molecule has 1 fully saturated rings. The Labute approximate surface area is 126 Å². The van der Waals surface area contributed by atoms with Gasteiger partial charge in [-0.3, -0.25) is 0 Å². The van der Waals surface area contributed by atoms with Gasteiger partial charge in [0.05, 0.1) is 12.8 Å². The average molecular weight is 310 g/mol. The Bertz CT molecular complexity index is 644. The second-order valence-corrected chi connectivity index (χ2v) is 5.69. The van der Waals surface area contributed by atoms with Crippen LogP contribution in [0, 0.1) is 0 Å². The minimum absolute atomic E-state index is 0.132. The van der Waals surface area contributed by atoms with E-state index in [1.807, 2.05) is 24.3 Å². The molecule has 6 heteroatoms. The molecule has 0 radical (unpaired) electrons. The number of aliphatic hydroxyl groups is 1. The van der Waals surface area contributed by atoms with Crippen molar-refractivity contribution >= 4 is 34.7 Å². The van der Waals surface area contributed by atoms with E-state index in [-0.39, 0.29) is 17.3 Å². The fraction of sp³-hybridized carbons (Fsp3) is 0.286. The van der Waals surface area contributed by atoms with Gasteiger partial charge in [0, 0.05) is 11.1 Å². The van der Waals surface area contributed by atoms with E-state index in [9.17, 15) is 5.11 Å². The Balaban J connectivity index is 1.97. The number of benzene rings is 1. The predicted molar refractivity (Wildman–Crippen MR) is 79.8 cm³/mol. The summed E-state index contributed by atoms with van der Waals surface area (Å²) in [6.45, 7) is 0.143. The van der Waals surface area contributed by atoms with Gasteiger partial charge in [-0.05, 0) is 36.1 Å². The first-order valence-corrected chi connectivity index (χ1v) is 7.06. The van der Waals surface area contributed by atoms with Crippen LogP contribution < -0.4 is 5.32 Å². The fourth-order valence-electron chi connectivity index (χ4n) is 2.28. The second-order valence-electron chi connectivity index (χ2n) is 4.94. The normalized spacial score (nSPS) is 15.9. The van der Waals surface area contributed by atoms with Crippen LogP contribution in [0.2, 0.25) is 10.3 Å². The van der Waals surface area contributed by atoms with Crippen molar-refractivity contribution in [1.29, 1.82) is 0 Å². The lowest BCUT2D eigenvalue weighted by molar-refractivity contribution is 0.255.